The highest BCUT2D eigenvalue weighted by Gasteiger charge is 2.37. The number of H-pyrrole nitrogens is 1. The molecule has 1 fully saturated rings. The molecule has 1 saturated heterocycles. The first-order valence-electron chi connectivity index (χ1n) is 7.78. The minimum absolute atomic E-state index is 0.0543. The predicted molar refractivity (Wildman–Crippen MR) is 85.1 cm³/mol. The number of nitrogens with one attached hydrogen (secondary N) is 1. The molecule has 1 N–H and O–H groups in total. The molecule has 1 aliphatic rings. The second-order valence-corrected chi connectivity index (χ2v) is 6.25. The van der Waals surface area contributed by atoms with Crippen LogP contribution in [0.3, 0.4) is 0 Å². The van der Waals surface area contributed by atoms with Gasteiger partial charge in [-0.15, -0.1) is 0 Å². The fourth-order valence-electron chi connectivity index (χ4n) is 3.29. The minimum atomic E-state index is 0.0543. The molecule has 0 saturated carbocycles. The Hall–Kier alpha value is -2.63. The standard InChI is InChI=1S/C17H18N4O2/c1-10-8-21(9-14(10)16-19-11(2)20-23-16)17(22)13-3-4-15-12(7-13)5-6-18-15/h3-7,10,14,18H,8-9H2,1-2H3. The van der Waals surface area contributed by atoms with Crippen LogP contribution in [0.5, 0.6) is 0 Å². The van der Waals surface area contributed by atoms with Crippen LogP contribution in [0.4, 0.5) is 0 Å². The summed E-state index contributed by atoms with van der Waals surface area (Å²) in [5.41, 5.74) is 1.75. The number of carbonyl (C=O) groups excluding carboxylic acids is 1. The molecule has 0 aliphatic carbocycles. The van der Waals surface area contributed by atoms with Gasteiger partial charge in [0.25, 0.3) is 5.91 Å². The number of rotatable bonds is 2. The van der Waals surface area contributed by atoms with Crippen molar-refractivity contribution in [3.05, 3.63) is 47.7 Å². The maximum Gasteiger partial charge on any atom is 0.253 e. The summed E-state index contributed by atoms with van der Waals surface area (Å²) in [6.45, 7) is 5.25. The van der Waals surface area contributed by atoms with E-state index in [0.717, 1.165) is 10.9 Å². The largest absolute Gasteiger partial charge is 0.361 e. The second kappa shape index (κ2) is 5.22. The molecular weight excluding hydrogens is 292 g/mol. The Morgan fingerprint density at radius 1 is 1.35 bits per heavy atom. The summed E-state index contributed by atoms with van der Waals surface area (Å²) in [7, 11) is 0. The third-order valence-electron chi connectivity index (χ3n) is 4.56. The molecule has 1 aromatic carbocycles. The third-order valence-corrected chi connectivity index (χ3v) is 4.56. The number of hydrogen-bond donors (Lipinski definition) is 1. The lowest BCUT2D eigenvalue weighted by Crippen LogP contribution is -2.28. The molecule has 3 aromatic rings. The molecule has 118 valence electrons. The topological polar surface area (TPSA) is 75.0 Å². The van der Waals surface area contributed by atoms with Crippen LogP contribution < -0.4 is 0 Å². The summed E-state index contributed by atoms with van der Waals surface area (Å²) in [6, 6.07) is 7.72. The summed E-state index contributed by atoms with van der Waals surface area (Å²) in [5, 5.41) is 4.91. The van der Waals surface area contributed by atoms with E-state index < -0.39 is 0 Å². The van der Waals surface area contributed by atoms with Gasteiger partial charge < -0.3 is 14.4 Å². The molecule has 0 radical (unpaired) electrons. The number of hydrogen-bond acceptors (Lipinski definition) is 4. The number of aryl methyl sites for hydroxylation is 1. The van der Waals surface area contributed by atoms with Gasteiger partial charge in [0.15, 0.2) is 5.82 Å². The Morgan fingerprint density at radius 3 is 3.00 bits per heavy atom. The Labute approximate surface area is 133 Å². The zero-order chi connectivity index (χ0) is 16.0. The van der Waals surface area contributed by atoms with Crippen molar-refractivity contribution in [1.29, 1.82) is 0 Å². The van der Waals surface area contributed by atoms with Gasteiger partial charge >= 0.3 is 0 Å². The van der Waals surface area contributed by atoms with E-state index in [9.17, 15) is 4.79 Å². The van der Waals surface area contributed by atoms with Crippen LogP contribution in [0.2, 0.25) is 0 Å². The first-order chi connectivity index (χ1) is 11.1. The summed E-state index contributed by atoms with van der Waals surface area (Å²) < 4.78 is 5.30. The van der Waals surface area contributed by atoms with E-state index in [1.54, 1.807) is 0 Å². The van der Waals surface area contributed by atoms with E-state index in [4.69, 9.17) is 4.52 Å². The third kappa shape index (κ3) is 2.40. The molecule has 2 unspecified atom stereocenters. The summed E-state index contributed by atoms with van der Waals surface area (Å²) in [4.78, 5) is 22.1. The molecule has 3 heterocycles. The molecular formula is C17H18N4O2. The summed E-state index contributed by atoms with van der Waals surface area (Å²) >= 11 is 0. The van der Waals surface area contributed by atoms with E-state index >= 15 is 0 Å². The Bertz CT molecular complexity index is 866. The average Bonchev–Trinajstić information content (AvgIpc) is 3.25. The van der Waals surface area contributed by atoms with Crippen molar-refractivity contribution in [3.8, 4) is 0 Å². The van der Waals surface area contributed by atoms with Gasteiger partial charge in [-0.1, -0.05) is 12.1 Å². The van der Waals surface area contributed by atoms with Crippen LogP contribution in [0.15, 0.2) is 35.0 Å². The normalized spacial score (nSPS) is 21.2. The predicted octanol–water partition coefficient (Wildman–Crippen LogP) is 2.74. The zero-order valence-corrected chi connectivity index (χ0v) is 13.1. The van der Waals surface area contributed by atoms with Gasteiger partial charge in [-0.3, -0.25) is 4.79 Å². The van der Waals surface area contributed by atoms with Gasteiger partial charge in [0.1, 0.15) is 0 Å². The van der Waals surface area contributed by atoms with Gasteiger partial charge in [-0.2, -0.15) is 4.98 Å². The van der Waals surface area contributed by atoms with Crippen LogP contribution in [0.1, 0.15) is 34.9 Å². The number of aromatic amines is 1. The number of benzene rings is 1. The van der Waals surface area contributed by atoms with Gasteiger partial charge in [0.05, 0.1) is 5.92 Å². The highest BCUT2D eigenvalue weighted by molar-refractivity contribution is 5.98. The molecule has 4 rings (SSSR count). The van der Waals surface area contributed by atoms with Crippen molar-refractivity contribution in [1.82, 2.24) is 20.0 Å². The van der Waals surface area contributed by atoms with E-state index in [-0.39, 0.29) is 11.8 Å². The van der Waals surface area contributed by atoms with Crippen LogP contribution in [-0.2, 0) is 0 Å². The Kier molecular flexibility index (Phi) is 3.18. The minimum Gasteiger partial charge on any atom is -0.361 e. The van der Waals surface area contributed by atoms with E-state index in [1.165, 1.54) is 0 Å². The van der Waals surface area contributed by atoms with Gasteiger partial charge in [0, 0.05) is 35.8 Å². The van der Waals surface area contributed by atoms with Crippen molar-refractivity contribution >= 4 is 16.8 Å². The average molecular weight is 310 g/mol. The van der Waals surface area contributed by atoms with Crippen molar-refractivity contribution in [3.63, 3.8) is 0 Å². The molecule has 0 spiro atoms. The highest BCUT2D eigenvalue weighted by Crippen LogP contribution is 2.32. The lowest BCUT2D eigenvalue weighted by atomic mass is 9.98. The first-order valence-corrected chi connectivity index (χ1v) is 7.78. The molecule has 1 aliphatic heterocycles. The van der Waals surface area contributed by atoms with Crippen molar-refractivity contribution in [2.75, 3.05) is 13.1 Å². The maximum absolute atomic E-state index is 12.8. The fourth-order valence-corrected chi connectivity index (χ4v) is 3.29. The van der Waals surface area contributed by atoms with Crippen LogP contribution >= 0.6 is 0 Å². The van der Waals surface area contributed by atoms with Crippen LogP contribution in [0.25, 0.3) is 10.9 Å². The Morgan fingerprint density at radius 2 is 2.22 bits per heavy atom. The Balaban J connectivity index is 1.57. The summed E-state index contributed by atoms with van der Waals surface area (Å²) in [6.07, 6.45) is 1.88. The van der Waals surface area contributed by atoms with Gasteiger partial charge in [0.2, 0.25) is 5.89 Å². The lowest BCUT2D eigenvalue weighted by Gasteiger charge is -2.16. The monoisotopic (exact) mass is 310 g/mol. The van der Waals surface area contributed by atoms with E-state index in [2.05, 4.69) is 22.0 Å². The second-order valence-electron chi connectivity index (χ2n) is 6.25. The number of amides is 1. The number of likely N-dealkylation sites (tertiary alicyclic amines) is 1. The van der Waals surface area contributed by atoms with E-state index in [0.29, 0.717) is 36.3 Å². The molecule has 6 heteroatoms. The van der Waals surface area contributed by atoms with Gasteiger partial charge in [-0.05, 0) is 37.1 Å². The zero-order valence-electron chi connectivity index (χ0n) is 13.1. The fraction of sp³-hybridized carbons (Fsp3) is 0.353. The van der Waals surface area contributed by atoms with E-state index in [1.807, 2.05) is 42.3 Å². The SMILES string of the molecule is Cc1noc(C2CN(C(=O)c3ccc4[nH]ccc4c3)CC2C)n1. The number of nitrogens with zero attached hydrogens (tertiary/aromatic N) is 3. The van der Waals surface area contributed by atoms with Crippen LogP contribution in [0, 0.1) is 12.8 Å². The number of carbonyl (C=O) groups is 1. The number of fused-ring (bicyclic) bond motifs is 1. The van der Waals surface area contributed by atoms with Crippen molar-refractivity contribution < 1.29 is 9.32 Å². The molecule has 2 aromatic heterocycles. The van der Waals surface area contributed by atoms with Crippen LogP contribution in [-0.4, -0.2) is 39.0 Å². The van der Waals surface area contributed by atoms with Gasteiger partial charge in [-0.25, -0.2) is 0 Å². The lowest BCUT2D eigenvalue weighted by molar-refractivity contribution is 0.0786. The molecule has 6 nitrogen and oxygen atoms in total. The van der Waals surface area contributed by atoms with Crippen molar-refractivity contribution in [2.45, 2.75) is 19.8 Å². The summed E-state index contributed by atoms with van der Waals surface area (Å²) in [5.74, 6) is 1.73. The molecule has 23 heavy (non-hydrogen) atoms. The molecule has 0 bridgehead atoms. The first kappa shape index (κ1) is 14.0. The quantitative estimate of drug-likeness (QED) is 0.789. The molecule has 2 atom stereocenters. The van der Waals surface area contributed by atoms with Crippen molar-refractivity contribution in [2.24, 2.45) is 5.92 Å². The maximum atomic E-state index is 12.8. The highest BCUT2D eigenvalue weighted by atomic mass is 16.5. The smallest absolute Gasteiger partial charge is 0.253 e. The molecule has 1 amide bonds. The number of aromatic nitrogens is 3.